The summed E-state index contributed by atoms with van der Waals surface area (Å²) in [7, 11) is 0. The molecule has 2 aromatic heterocycles. The number of carbonyl (C=O) groups excluding carboxylic acids is 1. The van der Waals surface area contributed by atoms with E-state index in [-0.39, 0.29) is 11.6 Å². The van der Waals surface area contributed by atoms with Crippen molar-refractivity contribution in [2.75, 3.05) is 0 Å². The molecule has 115 valence electrons. The Labute approximate surface area is 127 Å². The zero-order chi connectivity index (χ0) is 16.0. The number of thiophene rings is 1. The van der Waals surface area contributed by atoms with Crippen LogP contribution in [0.4, 0.5) is 13.2 Å². The molecule has 22 heavy (non-hydrogen) atoms. The number of amides is 1. The van der Waals surface area contributed by atoms with E-state index in [1.807, 2.05) is 0 Å². The monoisotopic (exact) mass is 327 g/mol. The molecule has 8 heteroatoms. The number of rotatable bonds is 4. The molecular formula is C14H10F3N2O2S. The first-order valence-electron chi connectivity index (χ1n) is 6.38. The second kappa shape index (κ2) is 4.98. The summed E-state index contributed by atoms with van der Waals surface area (Å²) in [6, 6.07) is 5.64. The highest BCUT2D eigenvalue weighted by atomic mass is 32.1. The number of hydrogen-bond acceptors (Lipinski definition) is 4. The van der Waals surface area contributed by atoms with E-state index in [9.17, 15) is 18.0 Å². The van der Waals surface area contributed by atoms with Crippen molar-refractivity contribution >= 4 is 17.2 Å². The highest BCUT2D eigenvalue weighted by molar-refractivity contribution is 7.10. The molecule has 4 nitrogen and oxygen atoms in total. The summed E-state index contributed by atoms with van der Waals surface area (Å²) in [6.07, 6.45) is -3.29. The minimum atomic E-state index is -4.41. The number of aromatic nitrogens is 1. The van der Waals surface area contributed by atoms with Gasteiger partial charge in [0.15, 0.2) is 0 Å². The summed E-state index contributed by atoms with van der Waals surface area (Å²) in [5.74, 6) is -0.549. The minimum Gasteiger partial charge on any atom is -0.438 e. The van der Waals surface area contributed by atoms with Gasteiger partial charge in [-0.15, -0.1) is 11.3 Å². The summed E-state index contributed by atoms with van der Waals surface area (Å²) in [4.78, 5) is 14.8. The van der Waals surface area contributed by atoms with E-state index in [1.165, 1.54) is 11.4 Å². The van der Waals surface area contributed by atoms with Gasteiger partial charge in [-0.05, 0) is 18.9 Å². The van der Waals surface area contributed by atoms with Gasteiger partial charge in [0.2, 0.25) is 5.88 Å². The molecule has 1 radical (unpaired) electrons. The van der Waals surface area contributed by atoms with Crippen LogP contribution in [-0.4, -0.2) is 10.9 Å². The fourth-order valence-electron chi connectivity index (χ4n) is 2.10. The Hall–Kier alpha value is -2.09. The standard InChI is InChI=1S/C14H10F3N2O2S/c15-14(16,17)10-6-8(7-22-10)21-11-3-1-2-9(19-11)13(4-5-13)12(18)20/h1-3,6-7,18H,4-5H2. The third kappa shape index (κ3) is 2.66. The highest BCUT2D eigenvalue weighted by Crippen LogP contribution is 2.48. The fourth-order valence-corrected chi connectivity index (χ4v) is 2.78. The lowest BCUT2D eigenvalue weighted by Crippen LogP contribution is -2.22. The summed E-state index contributed by atoms with van der Waals surface area (Å²) < 4.78 is 42.9. The van der Waals surface area contributed by atoms with Gasteiger partial charge in [0.05, 0.1) is 11.1 Å². The Bertz CT molecular complexity index is 723. The number of carbonyl (C=O) groups is 1. The average Bonchev–Trinajstić information content (AvgIpc) is 3.13. The average molecular weight is 327 g/mol. The molecule has 1 amide bonds. The van der Waals surface area contributed by atoms with E-state index in [4.69, 9.17) is 10.5 Å². The van der Waals surface area contributed by atoms with Gasteiger partial charge in [0.1, 0.15) is 10.6 Å². The maximum Gasteiger partial charge on any atom is 0.425 e. The molecule has 0 spiro atoms. The van der Waals surface area contributed by atoms with Gasteiger partial charge < -0.3 is 4.74 Å². The van der Waals surface area contributed by atoms with Gasteiger partial charge in [-0.3, -0.25) is 10.5 Å². The number of nitrogens with zero attached hydrogens (tertiary/aromatic N) is 1. The zero-order valence-electron chi connectivity index (χ0n) is 11.1. The van der Waals surface area contributed by atoms with E-state index in [2.05, 4.69) is 4.98 Å². The predicted octanol–water partition coefficient (Wildman–Crippen LogP) is 3.80. The molecule has 2 heterocycles. The van der Waals surface area contributed by atoms with Crippen molar-refractivity contribution in [1.82, 2.24) is 10.7 Å². The van der Waals surface area contributed by atoms with Crippen LogP contribution in [0.25, 0.3) is 0 Å². The molecule has 0 aromatic carbocycles. The van der Waals surface area contributed by atoms with E-state index in [1.54, 1.807) is 12.1 Å². The Morgan fingerprint density at radius 1 is 1.36 bits per heavy atom. The number of halogens is 3. The molecule has 3 rings (SSSR count). The van der Waals surface area contributed by atoms with Gasteiger partial charge >= 0.3 is 6.18 Å². The van der Waals surface area contributed by atoms with Crippen LogP contribution >= 0.6 is 11.3 Å². The Kier molecular flexibility index (Phi) is 3.36. The smallest absolute Gasteiger partial charge is 0.425 e. The van der Waals surface area contributed by atoms with Crippen LogP contribution in [0.15, 0.2) is 29.6 Å². The summed E-state index contributed by atoms with van der Waals surface area (Å²) in [5, 5.41) is 1.25. The third-order valence-corrected chi connectivity index (χ3v) is 4.43. The van der Waals surface area contributed by atoms with E-state index >= 15 is 0 Å². The van der Waals surface area contributed by atoms with Crippen LogP contribution < -0.4 is 10.5 Å². The molecule has 0 unspecified atom stereocenters. The topological polar surface area (TPSA) is 63.0 Å². The molecule has 0 aliphatic heterocycles. The van der Waals surface area contributed by atoms with E-state index in [0.717, 1.165) is 6.07 Å². The molecule has 0 saturated heterocycles. The molecule has 1 aliphatic carbocycles. The predicted molar refractivity (Wildman–Crippen MR) is 72.6 cm³/mol. The molecule has 0 atom stereocenters. The van der Waals surface area contributed by atoms with Gasteiger partial charge in [-0.1, -0.05) is 6.07 Å². The van der Waals surface area contributed by atoms with Crippen molar-refractivity contribution in [3.63, 3.8) is 0 Å². The summed E-state index contributed by atoms with van der Waals surface area (Å²) >= 11 is 0.541. The van der Waals surface area contributed by atoms with Crippen LogP contribution in [0, 0.1) is 0 Å². The van der Waals surface area contributed by atoms with Crippen molar-refractivity contribution < 1.29 is 22.7 Å². The lowest BCUT2D eigenvalue weighted by molar-refractivity contribution is -0.134. The van der Waals surface area contributed by atoms with Crippen LogP contribution in [0.3, 0.4) is 0 Å². The van der Waals surface area contributed by atoms with Crippen molar-refractivity contribution in [2.45, 2.75) is 24.4 Å². The Morgan fingerprint density at radius 3 is 2.64 bits per heavy atom. The number of ether oxygens (including phenoxy) is 1. The first-order valence-corrected chi connectivity index (χ1v) is 7.26. The molecule has 0 bridgehead atoms. The maximum atomic E-state index is 12.5. The van der Waals surface area contributed by atoms with Crippen molar-refractivity contribution in [3.8, 4) is 11.6 Å². The second-order valence-electron chi connectivity index (χ2n) is 5.02. The normalized spacial score (nSPS) is 16.3. The van der Waals surface area contributed by atoms with Crippen LogP contribution in [0.5, 0.6) is 11.6 Å². The molecule has 1 fully saturated rings. The van der Waals surface area contributed by atoms with Crippen LogP contribution in [-0.2, 0) is 16.4 Å². The first kappa shape index (κ1) is 14.8. The largest absolute Gasteiger partial charge is 0.438 e. The number of hydrogen-bond donors (Lipinski definition) is 0. The Morgan fingerprint density at radius 2 is 2.09 bits per heavy atom. The second-order valence-corrected chi connectivity index (χ2v) is 5.93. The zero-order valence-corrected chi connectivity index (χ0v) is 11.9. The third-order valence-electron chi connectivity index (χ3n) is 3.48. The first-order chi connectivity index (χ1) is 10.3. The molecule has 2 aromatic rings. The Balaban J connectivity index is 1.82. The summed E-state index contributed by atoms with van der Waals surface area (Å²) in [6.45, 7) is 0. The van der Waals surface area contributed by atoms with Crippen LogP contribution in [0.1, 0.15) is 23.4 Å². The molecule has 1 N–H and O–H groups in total. The van der Waals surface area contributed by atoms with E-state index < -0.39 is 22.4 Å². The fraction of sp³-hybridized carbons (Fsp3) is 0.286. The van der Waals surface area contributed by atoms with Crippen molar-refractivity contribution in [2.24, 2.45) is 0 Å². The summed E-state index contributed by atoms with van der Waals surface area (Å²) in [5.41, 5.74) is 6.86. The van der Waals surface area contributed by atoms with Crippen molar-refractivity contribution in [1.29, 1.82) is 0 Å². The lowest BCUT2D eigenvalue weighted by atomic mass is 10.0. The lowest BCUT2D eigenvalue weighted by Gasteiger charge is -2.11. The molecule has 1 aliphatic rings. The minimum absolute atomic E-state index is 0.0454. The molecular weight excluding hydrogens is 317 g/mol. The highest BCUT2D eigenvalue weighted by Gasteiger charge is 2.52. The van der Waals surface area contributed by atoms with Gasteiger partial charge in [0.25, 0.3) is 5.91 Å². The molecule has 1 saturated carbocycles. The number of pyridine rings is 1. The maximum absolute atomic E-state index is 12.5. The quantitative estimate of drug-likeness (QED) is 0.858. The van der Waals surface area contributed by atoms with Gasteiger partial charge in [0, 0.05) is 17.5 Å². The van der Waals surface area contributed by atoms with E-state index in [0.29, 0.717) is 29.9 Å². The van der Waals surface area contributed by atoms with Crippen LogP contribution in [0.2, 0.25) is 0 Å². The number of nitrogens with one attached hydrogen (secondary N) is 1. The van der Waals surface area contributed by atoms with Crippen molar-refractivity contribution in [3.05, 3.63) is 40.2 Å². The SMILES string of the molecule is [NH]C(=O)C1(c2cccc(Oc3csc(C(F)(F)F)c3)n2)CC1. The van der Waals surface area contributed by atoms with Gasteiger partial charge in [-0.2, -0.15) is 13.2 Å². The van der Waals surface area contributed by atoms with Gasteiger partial charge in [-0.25, -0.2) is 4.98 Å². The number of alkyl halides is 3.